The van der Waals surface area contributed by atoms with Crippen LogP contribution in [0.2, 0.25) is 0 Å². The maximum Gasteiger partial charge on any atom is 0.233 e. The highest BCUT2D eigenvalue weighted by atomic mass is 32.2. The summed E-state index contributed by atoms with van der Waals surface area (Å²) in [5.74, 6) is 0.486. The van der Waals surface area contributed by atoms with Gasteiger partial charge in [0, 0.05) is 22.8 Å². The zero-order valence-electron chi connectivity index (χ0n) is 15.4. The molecule has 1 aromatic carbocycles. The zero-order chi connectivity index (χ0) is 18.8. The first-order chi connectivity index (χ1) is 13.1. The smallest absolute Gasteiger partial charge is 0.233 e. The van der Waals surface area contributed by atoms with Gasteiger partial charge in [-0.2, -0.15) is 0 Å². The second-order valence-corrected chi connectivity index (χ2v) is 8.61. The van der Waals surface area contributed by atoms with Crippen LogP contribution in [0, 0.1) is 13.8 Å². The molecule has 1 atom stereocenters. The number of thiophene rings is 1. The number of hydrogen-bond acceptors (Lipinski definition) is 5. The molecule has 4 rings (SSSR count). The van der Waals surface area contributed by atoms with Crippen molar-refractivity contribution in [2.45, 2.75) is 31.5 Å². The maximum atomic E-state index is 13.1. The van der Waals surface area contributed by atoms with E-state index in [2.05, 4.69) is 33.5 Å². The van der Waals surface area contributed by atoms with E-state index in [0.29, 0.717) is 10.9 Å². The van der Waals surface area contributed by atoms with Gasteiger partial charge in [-0.15, -0.1) is 11.3 Å². The Balaban J connectivity index is 1.56. The van der Waals surface area contributed by atoms with Crippen molar-refractivity contribution in [3.05, 3.63) is 75.2 Å². The molecule has 0 N–H and O–H groups in total. The van der Waals surface area contributed by atoms with Gasteiger partial charge in [0.05, 0.1) is 11.8 Å². The number of aryl methyl sites for hydroxylation is 2. The molecule has 0 spiro atoms. The Kier molecular flexibility index (Phi) is 5.27. The third-order valence-electron chi connectivity index (χ3n) is 4.69. The lowest BCUT2D eigenvalue weighted by Gasteiger charge is -2.36. The summed E-state index contributed by atoms with van der Waals surface area (Å²) in [4.78, 5) is 25.4. The topological polar surface area (TPSA) is 46.1 Å². The first-order valence-electron chi connectivity index (χ1n) is 8.97. The van der Waals surface area contributed by atoms with Crippen LogP contribution in [0.1, 0.15) is 33.4 Å². The largest absolute Gasteiger partial charge is 0.330 e. The van der Waals surface area contributed by atoms with Gasteiger partial charge in [0.2, 0.25) is 5.91 Å². The van der Waals surface area contributed by atoms with Gasteiger partial charge in [-0.1, -0.05) is 42.1 Å². The number of amides is 1. The van der Waals surface area contributed by atoms with E-state index in [9.17, 15) is 4.79 Å². The Bertz CT molecular complexity index is 935. The molecule has 2 aromatic heterocycles. The molecule has 3 aromatic rings. The van der Waals surface area contributed by atoms with Crippen molar-refractivity contribution in [2.24, 2.45) is 0 Å². The molecule has 4 nitrogen and oxygen atoms in total. The summed E-state index contributed by atoms with van der Waals surface area (Å²) >= 11 is 3.21. The van der Waals surface area contributed by atoms with Gasteiger partial charge >= 0.3 is 0 Å². The molecule has 1 aliphatic heterocycles. The Morgan fingerprint density at radius 3 is 2.67 bits per heavy atom. The van der Waals surface area contributed by atoms with Gasteiger partial charge in [-0.05, 0) is 48.9 Å². The minimum atomic E-state index is -0.00513. The number of carbonyl (C=O) groups excluding carboxylic acids is 1. The van der Waals surface area contributed by atoms with Gasteiger partial charge in [0.25, 0.3) is 0 Å². The fourth-order valence-corrected chi connectivity index (χ4v) is 5.29. The molecule has 0 fully saturated rings. The number of carbonyl (C=O) groups is 1. The van der Waals surface area contributed by atoms with Gasteiger partial charge in [0.15, 0.2) is 5.16 Å². The van der Waals surface area contributed by atoms with Gasteiger partial charge < -0.3 is 4.90 Å². The van der Waals surface area contributed by atoms with Crippen molar-refractivity contribution in [2.75, 3.05) is 12.3 Å². The predicted octanol–water partition coefficient (Wildman–Crippen LogP) is 4.42. The van der Waals surface area contributed by atoms with Gasteiger partial charge in [-0.25, -0.2) is 9.97 Å². The number of aromatic nitrogens is 2. The first-order valence-corrected chi connectivity index (χ1v) is 10.8. The minimum Gasteiger partial charge on any atom is -0.330 e. The van der Waals surface area contributed by atoms with Crippen LogP contribution in [-0.2, 0) is 11.2 Å². The monoisotopic (exact) mass is 395 g/mol. The summed E-state index contributed by atoms with van der Waals surface area (Å²) in [5, 5.41) is 2.80. The van der Waals surface area contributed by atoms with Crippen LogP contribution >= 0.6 is 23.1 Å². The van der Waals surface area contributed by atoms with E-state index in [0.717, 1.165) is 29.9 Å². The SMILES string of the molecule is Cc1cc(C)nc(SCC(=O)N2CCc3sccc3C2c2ccccc2)n1. The van der Waals surface area contributed by atoms with Gasteiger partial charge in [-0.3, -0.25) is 4.79 Å². The Morgan fingerprint density at radius 1 is 1.19 bits per heavy atom. The number of hydrogen-bond donors (Lipinski definition) is 0. The standard InChI is InChI=1S/C21H21N3OS2/c1-14-12-15(2)23-21(22-14)27-13-19(25)24-10-8-18-17(9-11-26-18)20(24)16-6-4-3-5-7-16/h3-7,9,11-12,20H,8,10,13H2,1-2H3. The summed E-state index contributed by atoms with van der Waals surface area (Å²) in [7, 11) is 0. The van der Waals surface area contributed by atoms with Crippen LogP contribution in [0.3, 0.4) is 0 Å². The van der Waals surface area contributed by atoms with Crippen LogP contribution in [-0.4, -0.2) is 33.1 Å². The molecular weight excluding hydrogens is 374 g/mol. The molecule has 27 heavy (non-hydrogen) atoms. The Labute approximate surface area is 167 Å². The summed E-state index contributed by atoms with van der Waals surface area (Å²) in [5.41, 5.74) is 4.29. The number of rotatable bonds is 4. The van der Waals surface area contributed by atoms with Crippen molar-refractivity contribution in [1.29, 1.82) is 0 Å². The highest BCUT2D eigenvalue weighted by Gasteiger charge is 2.32. The van der Waals surface area contributed by atoms with Crippen molar-refractivity contribution in [3.63, 3.8) is 0 Å². The molecule has 138 valence electrons. The zero-order valence-corrected chi connectivity index (χ0v) is 17.0. The van der Waals surface area contributed by atoms with Gasteiger partial charge in [0.1, 0.15) is 0 Å². The third kappa shape index (κ3) is 3.92. The third-order valence-corrected chi connectivity index (χ3v) is 6.52. The number of fused-ring (bicyclic) bond motifs is 1. The van der Waals surface area contributed by atoms with Crippen LogP contribution in [0.15, 0.2) is 53.0 Å². The van der Waals surface area contributed by atoms with Crippen molar-refractivity contribution in [1.82, 2.24) is 14.9 Å². The molecule has 1 unspecified atom stereocenters. The second kappa shape index (κ2) is 7.82. The molecule has 1 amide bonds. The minimum absolute atomic E-state index is 0.00513. The fourth-order valence-electron chi connectivity index (χ4n) is 3.55. The molecule has 6 heteroatoms. The molecular formula is C21H21N3OS2. The number of benzene rings is 1. The van der Waals surface area contributed by atoms with E-state index in [1.54, 1.807) is 11.3 Å². The molecule has 0 aliphatic carbocycles. The quantitative estimate of drug-likeness (QED) is 0.485. The van der Waals surface area contributed by atoms with Crippen LogP contribution in [0.5, 0.6) is 0 Å². The molecule has 0 radical (unpaired) electrons. The Morgan fingerprint density at radius 2 is 1.93 bits per heavy atom. The van der Waals surface area contributed by atoms with Crippen LogP contribution in [0.25, 0.3) is 0 Å². The van der Waals surface area contributed by atoms with E-state index >= 15 is 0 Å². The first kappa shape index (κ1) is 18.2. The van der Waals surface area contributed by atoms with E-state index < -0.39 is 0 Å². The van der Waals surface area contributed by atoms with Crippen LogP contribution < -0.4 is 0 Å². The normalized spacial score (nSPS) is 16.2. The van der Waals surface area contributed by atoms with Crippen LogP contribution in [0.4, 0.5) is 0 Å². The highest BCUT2D eigenvalue weighted by molar-refractivity contribution is 7.99. The van der Waals surface area contributed by atoms with E-state index in [1.165, 1.54) is 22.2 Å². The molecule has 0 saturated carbocycles. The summed E-state index contributed by atoms with van der Waals surface area (Å²) in [6, 6.07) is 14.4. The lowest BCUT2D eigenvalue weighted by atomic mass is 9.93. The van der Waals surface area contributed by atoms with Crippen molar-refractivity contribution in [3.8, 4) is 0 Å². The fraction of sp³-hybridized carbons (Fsp3) is 0.286. The van der Waals surface area contributed by atoms with E-state index in [4.69, 9.17) is 0 Å². The average Bonchev–Trinajstić information content (AvgIpc) is 3.14. The average molecular weight is 396 g/mol. The number of nitrogens with zero attached hydrogens (tertiary/aromatic N) is 3. The number of thioether (sulfide) groups is 1. The van der Waals surface area contributed by atoms with Crippen molar-refractivity contribution >= 4 is 29.0 Å². The Hall–Kier alpha value is -2.18. The summed E-state index contributed by atoms with van der Waals surface area (Å²) in [6.07, 6.45) is 0.923. The van der Waals surface area contributed by atoms with Crippen molar-refractivity contribution < 1.29 is 4.79 Å². The lowest BCUT2D eigenvalue weighted by molar-refractivity contribution is -0.130. The van der Waals surface area contributed by atoms with E-state index in [1.807, 2.05) is 43.0 Å². The summed E-state index contributed by atoms with van der Waals surface area (Å²) in [6.45, 7) is 4.66. The molecule has 0 saturated heterocycles. The predicted molar refractivity (Wildman–Crippen MR) is 110 cm³/mol. The summed E-state index contributed by atoms with van der Waals surface area (Å²) < 4.78 is 0. The second-order valence-electron chi connectivity index (χ2n) is 6.67. The molecule has 1 aliphatic rings. The lowest BCUT2D eigenvalue weighted by Crippen LogP contribution is -2.41. The molecule has 0 bridgehead atoms. The maximum absolute atomic E-state index is 13.1. The highest BCUT2D eigenvalue weighted by Crippen LogP contribution is 2.38. The van der Waals surface area contributed by atoms with E-state index in [-0.39, 0.29) is 11.9 Å². The molecule has 3 heterocycles.